The summed E-state index contributed by atoms with van der Waals surface area (Å²) in [5.74, 6) is -0.978. The van der Waals surface area contributed by atoms with Gasteiger partial charge in [-0.05, 0) is 48.0 Å². The van der Waals surface area contributed by atoms with Gasteiger partial charge >= 0.3 is 5.97 Å². The van der Waals surface area contributed by atoms with Gasteiger partial charge in [0.2, 0.25) is 10.0 Å². The van der Waals surface area contributed by atoms with Crippen molar-refractivity contribution in [2.75, 3.05) is 6.61 Å². The van der Waals surface area contributed by atoms with Crippen LogP contribution in [0.3, 0.4) is 0 Å². The van der Waals surface area contributed by atoms with E-state index in [1.807, 2.05) is 30.3 Å². The largest absolute Gasteiger partial charge is 0.465 e. The molecule has 0 aliphatic carbocycles. The minimum absolute atomic E-state index is 0.0676. The van der Waals surface area contributed by atoms with E-state index < -0.39 is 21.9 Å². The number of amides is 1. The summed E-state index contributed by atoms with van der Waals surface area (Å²) in [6, 6.07) is 17.2. The number of sulfonamides is 1. The average molecular weight is 470 g/mol. The van der Waals surface area contributed by atoms with E-state index in [4.69, 9.17) is 9.88 Å². The highest BCUT2D eigenvalue weighted by Gasteiger charge is 2.16. The SMILES string of the molecule is CCOC(=O)Cn1c(=NC(=O)c2ccc3ccccc3c2)sc2cc(S(N)(=O)=O)ccc21. The second kappa shape index (κ2) is 8.65. The minimum Gasteiger partial charge on any atom is -0.465 e. The fraction of sp³-hybridized carbons (Fsp3) is 0.136. The van der Waals surface area contributed by atoms with Crippen LogP contribution >= 0.6 is 11.3 Å². The molecule has 3 aromatic carbocycles. The second-order valence-electron chi connectivity index (χ2n) is 6.93. The zero-order valence-corrected chi connectivity index (χ0v) is 18.7. The van der Waals surface area contributed by atoms with E-state index >= 15 is 0 Å². The van der Waals surface area contributed by atoms with E-state index in [0.717, 1.165) is 22.1 Å². The third kappa shape index (κ3) is 4.47. The van der Waals surface area contributed by atoms with Crippen LogP contribution in [0.4, 0.5) is 0 Å². The Balaban J connectivity index is 1.85. The number of hydrogen-bond acceptors (Lipinski definition) is 6. The summed E-state index contributed by atoms with van der Waals surface area (Å²) in [4.78, 5) is 29.5. The second-order valence-corrected chi connectivity index (χ2v) is 9.50. The van der Waals surface area contributed by atoms with Crippen molar-refractivity contribution in [3.63, 3.8) is 0 Å². The van der Waals surface area contributed by atoms with Crippen molar-refractivity contribution in [2.24, 2.45) is 10.1 Å². The molecule has 10 heteroatoms. The van der Waals surface area contributed by atoms with Crippen molar-refractivity contribution in [1.82, 2.24) is 4.57 Å². The van der Waals surface area contributed by atoms with Crippen molar-refractivity contribution in [1.29, 1.82) is 0 Å². The van der Waals surface area contributed by atoms with Crippen LogP contribution in [0.1, 0.15) is 17.3 Å². The predicted octanol–water partition coefficient (Wildman–Crippen LogP) is 2.81. The molecule has 0 aliphatic rings. The van der Waals surface area contributed by atoms with E-state index in [1.54, 1.807) is 19.1 Å². The maximum absolute atomic E-state index is 12.9. The van der Waals surface area contributed by atoms with E-state index in [2.05, 4.69) is 4.99 Å². The third-order valence-electron chi connectivity index (χ3n) is 4.77. The number of carbonyl (C=O) groups excluding carboxylic acids is 2. The fourth-order valence-corrected chi connectivity index (χ4v) is 4.96. The Hall–Kier alpha value is -3.34. The number of ether oxygens (including phenoxy) is 1. The van der Waals surface area contributed by atoms with E-state index in [9.17, 15) is 18.0 Å². The predicted molar refractivity (Wildman–Crippen MR) is 122 cm³/mol. The minimum atomic E-state index is -3.91. The number of esters is 1. The summed E-state index contributed by atoms with van der Waals surface area (Å²) < 4.78 is 30.5. The van der Waals surface area contributed by atoms with Crippen LogP contribution < -0.4 is 9.94 Å². The van der Waals surface area contributed by atoms with Gasteiger partial charge in [-0.1, -0.05) is 41.7 Å². The molecule has 8 nitrogen and oxygen atoms in total. The van der Waals surface area contributed by atoms with Gasteiger partial charge in [0.05, 0.1) is 21.7 Å². The first-order valence-electron chi connectivity index (χ1n) is 9.66. The van der Waals surface area contributed by atoms with Gasteiger partial charge in [0.1, 0.15) is 6.54 Å². The van der Waals surface area contributed by atoms with Gasteiger partial charge in [0.15, 0.2) is 4.80 Å². The number of thiazole rings is 1. The number of carbonyl (C=O) groups is 2. The molecule has 0 bridgehead atoms. The monoisotopic (exact) mass is 469 g/mol. The van der Waals surface area contributed by atoms with Crippen LogP contribution in [0.25, 0.3) is 21.0 Å². The zero-order chi connectivity index (χ0) is 22.9. The van der Waals surface area contributed by atoms with Gasteiger partial charge < -0.3 is 9.30 Å². The van der Waals surface area contributed by atoms with Crippen molar-refractivity contribution < 1.29 is 22.7 Å². The molecule has 0 aliphatic heterocycles. The van der Waals surface area contributed by atoms with Gasteiger partial charge in [0.25, 0.3) is 5.91 Å². The Morgan fingerprint density at radius 2 is 1.81 bits per heavy atom. The van der Waals surface area contributed by atoms with E-state index in [1.165, 1.54) is 22.8 Å². The maximum Gasteiger partial charge on any atom is 0.326 e. The summed E-state index contributed by atoms with van der Waals surface area (Å²) in [5.41, 5.74) is 0.939. The van der Waals surface area contributed by atoms with Gasteiger partial charge in [0, 0.05) is 5.56 Å². The smallest absolute Gasteiger partial charge is 0.326 e. The van der Waals surface area contributed by atoms with Gasteiger partial charge in [-0.3, -0.25) is 9.59 Å². The molecule has 2 N–H and O–H groups in total. The van der Waals surface area contributed by atoms with Crippen molar-refractivity contribution >= 4 is 54.2 Å². The quantitative estimate of drug-likeness (QED) is 0.451. The Labute approximate surface area is 187 Å². The van der Waals surface area contributed by atoms with Crippen LogP contribution in [-0.2, 0) is 26.1 Å². The van der Waals surface area contributed by atoms with Crippen molar-refractivity contribution in [2.45, 2.75) is 18.4 Å². The summed E-state index contributed by atoms with van der Waals surface area (Å²) in [7, 11) is -3.91. The molecule has 0 spiro atoms. The van der Waals surface area contributed by atoms with Crippen molar-refractivity contribution in [3.8, 4) is 0 Å². The molecule has 0 saturated heterocycles. The molecule has 32 heavy (non-hydrogen) atoms. The molecule has 0 unspecified atom stereocenters. The average Bonchev–Trinajstić information content (AvgIpc) is 3.09. The highest BCUT2D eigenvalue weighted by atomic mass is 32.2. The molecular weight excluding hydrogens is 450 g/mol. The van der Waals surface area contributed by atoms with Gasteiger partial charge in [-0.2, -0.15) is 4.99 Å². The van der Waals surface area contributed by atoms with E-state index in [-0.39, 0.29) is 22.8 Å². The molecule has 0 fully saturated rings. The molecule has 1 heterocycles. The number of rotatable bonds is 5. The Morgan fingerprint density at radius 1 is 1.06 bits per heavy atom. The van der Waals surface area contributed by atoms with Crippen LogP contribution in [0.2, 0.25) is 0 Å². The summed E-state index contributed by atoms with van der Waals surface area (Å²) in [6.45, 7) is 1.73. The number of nitrogens with two attached hydrogens (primary N) is 1. The van der Waals surface area contributed by atoms with Gasteiger partial charge in [-0.25, -0.2) is 13.6 Å². The molecular formula is C22H19N3O5S2. The number of nitrogens with zero attached hydrogens (tertiary/aromatic N) is 2. The fourth-order valence-electron chi connectivity index (χ4n) is 3.28. The Bertz CT molecular complexity index is 1530. The van der Waals surface area contributed by atoms with Crippen LogP contribution in [0.5, 0.6) is 0 Å². The number of primary sulfonamides is 1. The summed E-state index contributed by atoms with van der Waals surface area (Å²) in [5, 5.41) is 7.14. The Morgan fingerprint density at radius 3 is 2.53 bits per heavy atom. The highest BCUT2D eigenvalue weighted by Crippen LogP contribution is 2.22. The molecule has 0 saturated carbocycles. The lowest BCUT2D eigenvalue weighted by atomic mass is 10.1. The Kier molecular flexibility index (Phi) is 5.92. The molecule has 0 atom stereocenters. The maximum atomic E-state index is 12.9. The zero-order valence-electron chi connectivity index (χ0n) is 17.0. The van der Waals surface area contributed by atoms with Crippen molar-refractivity contribution in [3.05, 3.63) is 71.0 Å². The lowest BCUT2D eigenvalue weighted by Crippen LogP contribution is -2.23. The molecule has 0 radical (unpaired) electrons. The number of fused-ring (bicyclic) bond motifs is 2. The van der Waals surface area contributed by atoms with Crippen LogP contribution in [0.15, 0.2) is 70.6 Å². The number of benzene rings is 3. The number of hydrogen-bond donors (Lipinski definition) is 1. The normalized spacial score (nSPS) is 12.4. The topological polar surface area (TPSA) is 121 Å². The first-order valence-corrected chi connectivity index (χ1v) is 12.0. The van der Waals surface area contributed by atoms with Gasteiger partial charge in [-0.15, -0.1) is 0 Å². The van der Waals surface area contributed by atoms with E-state index in [0.29, 0.717) is 15.8 Å². The molecule has 1 amide bonds. The molecule has 1 aromatic heterocycles. The number of aromatic nitrogens is 1. The summed E-state index contributed by atoms with van der Waals surface area (Å²) >= 11 is 1.09. The van der Waals surface area contributed by atoms with Crippen LogP contribution in [0, 0.1) is 0 Å². The highest BCUT2D eigenvalue weighted by molar-refractivity contribution is 7.89. The molecule has 164 valence electrons. The van der Waals surface area contributed by atoms with Crippen LogP contribution in [-0.4, -0.2) is 31.5 Å². The lowest BCUT2D eigenvalue weighted by Gasteiger charge is -2.05. The lowest BCUT2D eigenvalue weighted by molar-refractivity contribution is -0.143. The summed E-state index contributed by atoms with van der Waals surface area (Å²) in [6.07, 6.45) is 0. The molecule has 4 rings (SSSR count). The first-order chi connectivity index (χ1) is 15.3. The molecule has 4 aromatic rings. The first kappa shape index (κ1) is 21.9. The third-order valence-corrected chi connectivity index (χ3v) is 6.72. The standard InChI is InChI=1S/C22H19N3O5S2/c1-2-30-20(26)13-25-18-10-9-17(32(23,28)29)12-19(18)31-22(25)24-21(27)16-8-7-14-5-3-4-6-15(14)11-16/h3-12H,2,13H2,1H3,(H2,23,28,29).